The fourth-order valence-corrected chi connectivity index (χ4v) is 6.13. The number of piperidine rings is 1. The van der Waals surface area contributed by atoms with Gasteiger partial charge in [0.1, 0.15) is 0 Å². The zero-order chi connectivity index (χ0) is 16.6. The fourth-order valence-electron chi connectivity index (χ4n) is 3.72. The maximum absolute atomic E-state index is 12.9. The lowest BCUT2D eigenvalue weighted by Crippen LogP contribution is -2.46. The molecule has 0 amide bonds. The third-order valence-electron chi connectivity index (χ3n) is 4.94. The quantitative estimate of drug-likeness (QED) is 0.441. The molecule has 1 saturated carbocycles. The number of rotatable bonds is 3. The summed E-state index contributed by atoms with van der Waals surface area (Å²) in [6.07, 6.45) is 4.07. The lowest BCUT2D eigenvalue weighted by Gasteiger charge is -2.41. The first-order valence-electron chi connectivity index (χ1n) is 7.77. The van der Waals surface area contributed by atoms with Gasteiger partial charge >= 0.3 is 0 Å². The summed E-state index contributed by atoms with van der Waals surface area (Å²) in [5, 5.41) is 11.1. The molecule has 6 nitrogen and oxygen atoms in total. The Labute approximate surface area is 144 Å². The minimum absolute atomic E-state index is 0.199. The van der Waals surface area contributed by atoms with Crippen molar-refractivity contribution in [2.24, 2.45) is 11.8 Å². The molecule has 8 heteroatoms. The molecular weight excluding hydrogens is 384 g/mol. The number of para-hydroxylation sites is 1. The molecule has 1 aromatic rings. The Hall–Kier alpha value is -0.990. The van der Waals surface area contributed by atoms with Crippen LogP contribution in [0.4, 0.5) is 5.69 Å². The molecule has 0 radical (unpaired) electrons. The molecule has 0 aromatic heterocycles. The normalized spacial score (nSPS) is 29.0. The maximum atomic E-state index is 12.9. The Kier molecular flexibility index (Phi) is 4.75. The minimum atomic E-state index is -3.83. The van der Waals surface area contributed by atoms with E-state index in [0.29, 0.717) is 29.8 Å². The molecule has 1 aromatic carbocycles. The van der Waals surface area contributed by atoms with Crippen molar-refractivity contribution < 1.29 is 13.3 Å². The predicted molar refractivity (Wildman–Crippen MR) is 90.0 cm³/mol. The van der Waals surface area contributed by atoms with Gasteiger partial charge in [-0.3, -0.25) is 10.1 Å². The number of nitro benzene ring substituents is 1. The number of nitro groups is 1. The van der Waals surface area contributed by atoms with Crippen molar-refractivity contribution in [1.82, 2.24) is 4.31 Å². The molecule has 1 saturated heterocycles. The second kappa shape index (κ2) is 6.49. The molecule has 2 fully saturated rings. The summed E-state index contributed by atoms with van der Waals surface area (Å²) in [6, 6.07) is 5.59. The van der Waals surface area contributed by atoms with Crippen LogP contribution < -0.4 is 0 Å². The van der Waals surface area contributed by atoms with Crippen LogP contribution in [0.3, 0.4) is 0 Å². The van der Waals surface area contributed by atoms with Crippen LogP contribution in [-0.2, 0) is 10.0 Å². The van der Waals surface area contributed by atoms with E-state index in [1.54, 1.807) is 0 Å². The summed E-state index contributed by atoms with van der Waals surface area (Å²) in [4.78, 5) is 10.8. The average molecular weight is 403 g/mol. The van der Waals surface area contributed by atoms with E-state index in [0.717, 1.165) is 25.7 Å². The first kappa shape index (κ1) is 16.9. The molecular formula is C15H19BrN2O4S. The predicted octanol–water partition coefficient (Wildman–Crippen LogP) is 3.17. The van der Waals surface area contributed by atoms with Crippen molar-refractivity contribution in [2.75, 3.05) is 13.1 Å². The van der Waals surface area contributed by atoms with E-state index in [2.05, 4.69) is 15.9 Å². The number of alkyl halides is 1. The van der Waals surface area contributed by atoms with Gasteiger partial charge in [0, 0.05) is 24.0 Å². The molecule has 3 rings (SSSR count). The summed E-state index contributed by atoms with van der Waals surface area (Å²) < 4.78 is 27.2. The maximum Gasteiger partial charge on any atom is 0.289 e. The highest BCUT2D eigenvalue weighted by atomic mass is 79.9. The molecule has 3 unspecified atom stereocenters. The molecule has 126 valence electrons. The molecule has 1 aliphatic heterocycles. The monoisotopic (exact) mass is 402 g/mol. The zero-order valence-corrected chi connectivity index (χ0v) is 15.0. The van der Waals surface area contributed by atoms with E-state index in [9.17, 15) is 18.5 Å². The van der Waals surface area contributed by atoms with Crippen LogP contribution >= 0.6 is 15.9 Å². The smallest absolute Gasteiger partial charge is 0.258 e. The minimum Gasteiger partial charge on any atom is -0.258 e. The SMILES string of the molecule is O=[N+]([O-])c1ccccc1S(=O)(=O)N1CCC2CCC(Br)CC2C1. The third kappa shape index (κ3) is 3.29. The van der Waals surface area contributed by atoms with Gasteiger partial charge in [-0.1, -0.05) is 28.1 Å². The largest absolute Gasteiger partial charge is 0.289 e. The van der Waals surface area contributed by atoms with Crippen molar-refractivity contribution in [3.63, 3.8) is 0 Å². The van der Waals surface area contributed by atoms with Gasteiger partial charge in [0.05, 0.1) is 4.92 Å². The summed E-state index contributed by atoms with van der Waals surface area (Å²) in [5.41, 5.74) is -0.350. The highest BCUT2D eigenvalue weighted by Gasteiger charge is 2.40. The molecule has 0 bridgehead atoms. The average Bonchev–Trinajstić information content (AvgIpc) is 2.54. The molecule has 23 heavy (non-hydrogen) atoms. The summed E-state index contributed by atoms with van der Waals surface area (Å²) in [6.45, 7) is 0.906. The lowest BCUT2D eigenvalue weighted by molar-refractivity contribution is -0.387. The van der Waals surface area contributed by atoms with E-state index < -0.39 is 14.9 Å². The van der Waals surface area contributed by atoms with Crippen molar-refractivity contribution in [3.8, 4) is 0 Å². The Bertz CT molecular complexity index is 709. The van der Waals surface area contributed by atoms with Crippen LogP contribution in [0.25, 0.3) is 0 Å². The number of hydrogen-bond acceptors (Lipinski definition) is 4. The third-order valence-corrected chi connectivity index (χ3v) is 7.69. The second-order valence-electron chi connectivity index (χ2n) is 6.31. The van der Waals surface area contributed by atoms with Crippen LogP contribution in [0, 0.1) is 22.0 Å². The van der Waals surface area contributed by atoms with Gasteiger partial charge in [-0.05, 0) is 43.6 Å². The number of benzene rings is 1. The van der Waals surface area contributed by atoms with Crippen molar-refractivity contribution in [2.45, 2.75) is 35.4 Å². The van der Waals surface area contributed by atoms with Crippen LogP contribution in [0.5, 0.6) is 0 Å². The molecule has 1 aliphatic carbocycles. The Morgan fingerprint density at radius 2 is 1.91 bits per heavy atom. The standard InChI is InChI=1S/C15H19BrN2O4S/c16-13-6-5-11-7-8-17(10-12(11)9-13)23(21,22)15-4-2-1-3-14(15)18(19)20/h1-4,11-13H,5-10H2. The van der Waals surface area contributed by atoms with Gasteiger partial charge < -0.3 is 0 Å². The van der Waals surface area contributed by atoms with Crippen LogP contribution in [-0.4, -0.2) is 35.6 Å². The molecule has 0 spiro atoms. The summed E-state index contributed by atoms with van der Waals surface area (Å²) >= 11 is 3.64. The number of hydrogen-bond donors (Lipinski definition) is 0. The van der Waals surface area contributed by atoms with Gasteiger partial charge in [-0.2, -0.15) is 4.31 Å². The summed E-state index contributed by atoms with van der Waals surface area (Å²) in [5.74, 6) is 0.903. The Morgan fingerprint density at radius 3 is 2.65 bits per heavy atom. The van der Waals surface area contributed by atoms with Gasteiger partial charge in [0.2, 0.25) is 10.0 Å². The first-order valence-corrected chi connectivity index (χ1v) is 10.1. The van der Waals surface area contributed by atoms with Gasteiger partial charge in [0.15, 0.2) is 4.90 Å². The van der Waals surface area contributed by atoms with Gasteiger partial charge in [0.25, 0.3) is 5.69 Å². The Balaban J connectivity index is 1.87. The molecule has 3 atom stereocenters. The molecule has 2 aliphatic rings. The van der Waals surface area contributed by atoms with Crippen LogP contribution in [0.1, 0.15) is 25.7 Å². The van der Waals surface area contributed by atoms with E-state index in [1.807, 2.05) is 0 Å². The first-order chi connectivity index (χ1) is 10.9. The molecule has 0 N–H and O–H groups in total. The van der Waals surface area contributed by atoms with Gasteiger partial charge in [-0.25, -0.2) is 8.42 Å². The lowest BCUT2D eigenvalue weighted by atomic mass is 9.76. The number of nitrogens with zero attached hydrogens (tertiary/aromatic N) is 2. The van der Waals surface area contributed by atoms with Gasteiger partial charge in [-0.15, -0.1) is 0 Å². The van der Waals surface area contributed by atoms with E-state index in [1.165, 1.54) is 28.6 Å². The number of sulfonamides is 1. The Morgan fingerprint density at radius 1 is 1.17 bits per heavy atom. The van der Waals surface area contributed by atoms with Crippen molar-refractivity contribution >= 4 is 31.6 Å². The number of halogens is 1. The van der Waals surface area contributed by atoms with E-state index >= 15 is 0 Å². The van der Waals surface area contributed by atoms with Crippen molar-refractivity contribution in [3.05, 3.63) is 34.4 Å². The van der Waals surface area contributed by atoms with E-state index in [-0.39, 0.29) is 10.6 Å². The highest BCUT2D eigenvalue weighted by Crippen LogP contribution is 2.40. The highest BCUT2D eigenvalue weighted by molar-refractivity contribution is 9.09. The van der Waals surface area contributed by atoms with E-state index in [4.69, 9.17) is 0 Å². The fraction of sp³-hybridized carbons (Fsp3) is 0.600. The van der Waals surface area contributed by atoms with Crippen LogP contribution in [0.15, 0.2) is 29.2 Å². The molecule has 1 heterocycles. The zero-order valence-electron chi connectivity index (χ0n) is 12.6. The second-order valence-corrected chi connectivity index (χ2v) is 9.51. The van der Waals surface area contributed by atoms with Crippen LogP contribution in [0.2, 0.25) is 0 Å². The summed E-state index contributed by atoms with van der Waals surface area (Å²) in [7, 11) is -3.83. The topological polar surface area (TPSA) is 80.5 Å². The van der Waals surface area contributed by atoms with Crippen molar-refractivity contribution in [1.29, 1.82) is 0 Å². The number of fused-ring (bicyclic) bond motifs is 1.